The Morgan fingerprint density at radius 1 is 0.806 bits per heavy atom. The summed E-state index contributed by atoms with van der Waals surface area (Å²) in [6.07, 6.45) is 3.26. The van der Waals surface area contributed by atoms with Crippen LogP contribution in [0.2, 0.25) is 0 Å². The van der Waals surface area contributed by atoms with Crippen LogP contribution in [0.1, 0.15) is 58.1 Å². The maximum Gasteiger partial charge on any atom is 0.358 e. The molecule has 4 heteroatoms. The van der Waals surface area contributed by atoms with Crippen LogP contribution in [0.5, 0.6) is 17.2 Å². The third kappa shape index (κ3) is 2.58. The first-order chi connectivity index (χ1) is 14.6. The number of benzene rings is 3. The second kappa shape index (κ2) is 5.74. The van der Waals surface area contributed by atoms with Crippen LogP contribution in [0.15, 0.2) is 42.5 Å². The van der Waals surface area contributed by atoms with Crippen LogP contribution in [0.3, 0.4) is 0 Å². The maximum atomic E-state index is 11.1. The fraction of sp³-hybridized carbons (Fsp3) is 0.407. The molecule has 3 aromatic rings. The summed E-state index contributed by atoms with van der Waals surface area (Å²) in [5, 5.41) is 22.6. The molecule has 1 atom stereocenters. The van der Waals surface area contributed by atoms with Crippen molar-refractivity contribution in [3.8, 4) is 28.4 Å². The molecule has 4 nitrogen and oxygen atoms in total. The summed E-state index contributed by atoms with van der Waals surface area (Å²) in [4.78, 5) is 0. The van der Waals surface area contributed by atoms with Crippen LogP contribution < -0.4 is 9.47 Å². The molecule has 0 radical (unpaired) electrons. The summed E-state index contributed by atoms with van der Waals surface area (Å²) < 4.78 is 10.8. The van der Waals surface area contributed by atoms with Gasteiger partial charge in [0.25, 0.3) is 0 Å². The molecule has 1 aliphatic heterocycles. The number of aliphatic hydroxyl groups is 1. The van der Waals surface area contributed by atoms with Crippen molar-refractivity contribution in [2.45, 2.75) is 58.8 Å². The first-order valence-electron chi connectivity index (χ1n) is 11.0. The monoisotopic (exact) mass is 416 g/mol. The van der Waals surface area contributed by atoms with Gasteiger partial charge in [0.15, 0.2) is 11.5 Å². The molecule has 0 saturated heterocycles. The molecule has 2 N–H and O–H groups in total. The average Bonchev–Trinajstić information content (AvgIpc) is 3.13. The van der Waals surface area contributed by atoms with Gasteiger partial charge in [-0.3, -0.25) is 0 Å². The Labute approximate surface area is 182 Å². The topological polar surface area (TPSA) is 58.9 Å². The minimum absolute atomic E-state index is 0.140. The number of phenols is 1. The van der Waals surface area contributed by atoms with Crippen molar-refractivity contribution >= 4 is 10.8 Å². The molecular weight excluding hydrogens is 388 g/mol. The molecule has 160 valence electrons. The van der Waals surface area contributed by atoms with E-state index in [1.165, 1.54) is 28.7 Å². The highest BCUT2D eigenvalue weighted by Crippen LogP contribution is 2.65. The van der Waals surface area contributed by atoms with E-state index < -0.39 is 6.48 Å². The van der Waals surface area contributed by atoms with Crippen LogP contribution in [0.25, 0.3) is 21.9 Å². The molecular formula is C27H28O4. The summed E-state index contributed by atoms with van der Waals surface area (Å²) in [6.45, 7) is 8.18. The molecule has 1 spiro atoms. The Kier molecular flexibility index (Phi) is 3.52. The lowest BCUT2D eigenvalue weighted by atomic mass is 9.52. The molecule has 1 heterocycles. The molecule has 1 fully saturated rings. The second-order valence-electron chi connectivity index (χ2n) is 11.2. The molecule has 6 rings (SSSR count). The fourth-order valence-corrected chi connectivity index (χ4v) is 7.26. The molecule has 0 aromatic heterocycles. The van der Waals surface area contributed by atoms with Gasteiger partial charge in [-0.05, 0) is 75.9 Å². The molecule has 0 amide bonds. The molecule has 1 saturated carbocycles. The third-order valence-corrected chi connectivity index (χ3v) is 7.38. The standard InChI is InChI=1S/C27H28O4/c1-25(2)12-26(3,4)14-27(13-25)18-8-6-5-7-15(18)23-17-10-22-21(30-24(29)31-22)9-16(17)20(28)11-19(23)27/h5-11,24,28-29H,12-14H2,1-4H3. The van der Waals surface area contributed by atoms with Gasteiger partial charge >= 0.3 is 6.48 Å². The quantitative estimate of drug-likeness (QED) is 0.465. The van der Waals surface area contributed by atoms with Gasteiger partial charge < -0.3 is 19.7 Å². The Balaban J connectivity index is 1.71. The first kappa shape index (κ1) is 19.0. The number of hydrogen-bond donors (Lipinski definition) is 2. The molecule has 1 unspecified atom stereocenters. The van der Waals surface area contributed by atoms with E-state index in [2.05, 4.69) is 52.0 Å². The van der Waals surface area contributed by atoms with Gasteiger partial charge in [0.2, 0.25) is 0 Å². The number of fused-ring (bicyclic) bond motifs is 8. The summed E-state index contributed by atoms with van der Waals surface area (Å²) in [5.41, 5.74) is 5.19. The van der Waals surface area contributed by atoms with Crippen molar-refractivity contribution in [2.75, 3.05) is 0 Å². The van der Waals surface area contributed by atoms with Gasteiger partial charge in [0.05, 0.1) is 0 Å². The van der Waals surface area contributed by atoms with Gasteiger partial charge in [-0.15, -0.1) is 0 Å². The zero-order chi connectivity index (χ0) is 21.8. The predicted octanol–water partition coefficient (Wildman–Crippen LogP) is 6.10. The Morgan fingerprint density at radius 2 is 1.42 bits per heavy atom. The van der Waals surface area contributed by atoms with Gasteiger partial charge in [0.1, 0.15) is 5.75 Å². The molecule has 0 bridgehead atoms. The number of ether oxygens (including phenoxy) is 2. The van der Waals surface area contributed by atoms with Crippen molar-refractivity contribution in [2.24, 2.45) is 10.8 Å². The summed E-state index contributed by atoms with van der Waals surface area (Å²) in [6, 6.07) is 14.4. The summed E-state index contributed by atoms with van der Waals surface area (Å²) in [5.74, 6) is 1.21. The van der Waals surface area contributed by atoms with Crippen molar-refractivity contribution in [3.63, 3.8) is 0 Å². The number of aromatic hydroxyl groups is 1. The van der Waals surface area contributed by atoms with Crippen LogP contribution in [-0.2, 0) is 5.41 Å². The van der Waals surface area contributed by atoms with Crippen LogP contribution in [0, 0.1) is 10.8 Å². The number of rotatable bonds is 0. The van der Waals surface area contributed by atoms with Crippen LogP contribution in [0.4, 0.5) is 0 Å². The fourth-order valence-electron chi connectivity index (χ4n) is 7.26. The van der Waals surface area contributed by atoms with Gasteiger partial charge in [-0.2, -0.15) is 0 Å². The molecule has 3 aliphatic rings. The van der Waals surface area contributed by atoms with E-state index in [4.69, 9.17) is 9.47 Å². The number of hydrogen-bond acceptors (Lipinski definition) is 4. The average molecular weight is 417 g/mol. The van der Waals surface area contributed by atoms with Crippen molar-refractivity contribution in [3.05, 3.63) is 53.6 Å². The van der Waals surface area contributed by atoms with E-state index in [1.807, 2.05) is 12.1 Å². The summed E-state index contributed by atoms with van der Waals surface area (Å²) >= 11 is 0. The van der Waals surface area contributed by atoms with E-state index >= 15 is 0 Å². The second-order valence-corrected chi connectivity index (χ2v) is 11.2. The van der Waals surface area contributed by atoms with Crippen LogP contribution in [-0.4, -0.2) is 16.7 Å². The molecule has 31 heavy (non-hydrogen) atoms. The highest BCUT2D eigenvalue weighted by atomic mass is 16.8. The van der Waals surface area contributed by atoms with Crippen LogP contribution >= 0.6 is 0 Å². The van der Waals surface area contributed by atoms with Crippen molar-refractivity contribution in [1.29, 1.82) is 0 Å². The Bertz CT molecular complexity index is 1240. The van der Waals surface area contributed by atoms with E-state index in [0.717, 1.165) is 23.6 Å². The number of phenolic OH excluding ortho intramolecular Hbond substituents is 1. The summed E-state index contributed by atoms with van der Waals surface area (Å²) in [7, 11) is 0. The first-order valence-corrected chi connectivity index (χ1v) is 11.0. The van der Waals surface area contributed by atoms with E-state index in [0.29, 0.717) is 11.5 Å². The maximum absolute atomic E-state index is 11.1. The van der Waals surface area contributed by atoms with Gasteiger partial charge in [-0.1, -0.05) is 52.0 Å². The highest BCUT2D eigenvalue weighted by molar-refractivity contribution is 6.06. The molecule has 2 aliphatic carbocycles. The minimum Gasteiger partial charge on any atom is -0.507 e. The number of aliphatic hydroxyl groups excluding tert-OH is 1. The molecule has 3 aromatic carbocycles. The van der Waals surface area contributed by atoms with E-state index in [1.54, 1.807) is 6.07 Å². The Hall–Kier alpha value is -2.72. The zero-order valence-electron chi connectivity index (χ0n) is 18.5. The SMILES string of the molecule is CC1(C)CC(C)(C)CC2(C1)c1ccccc1-c1c2cc(O)c2cc3c(cc12)OC(O)O3. The van der Waals surface area contributed by atoms with Gasteiger partial charge in [-0.25, -0.2) is 0 Å². The largest absolute Gasteiger partial charge is 0.507 e. The predicted molar refractivity (Wildman–Crippen MR) is 121 cm³/mol. The smallest absolute Gasteiger partial charge is 0.358 e. The minimum atomic E-state index is -1.31. The Morgan fingerprint density at radius 3 is 2.10 bits per heavy atom. The van der Waals surface area contributed by atoms with E-state index in [-0.39, 0.29) is 22.0 Å². The van der Waals surface area contributed by atoms with Gasteiger partial charge in [0, 0.05) is 10.8 Å². The highest BCUT2D eigenvalue weighted by Gasteiger charge is 2.53. The van der Waals surface area contributed by atoms with Crippen molar-refractivity contribution in [1.82, 2.24) is 0 Å². The van der Waals surface area contributed by atoms with E-state index in [9.17, 15) is 10.2 Å². The van der Waals surface area contributed by atoms with Crippen molar-refractivity contribution < 1.29 is 19.7 Å². The lowest BCUT2D eigenvalue weighted by Crippen LogP contribution is -2.43. The normalized spacial score (nSPS) is 23.7. The zero-order valence-corrected chi connectivity index (χ0v) is 18.5. The lowest BCUT2D eigenvalue weighted by molar-refractivity contribution is -0.132. The third-order valence-electron chi connectivity index (χ3n) is 7.38. The lowest BCUT2D eigenvalue weighted by Gasteiger charge is -2.51.